The Balaban J connectivity index is 0.00000341. The average Bonchev–Trinajstić information content (AvgIpc) is 3.16. The first kappa shape index (κ1) is 25.9. The van der Waals surface area contributed by atoms with Crippen molar-refractivity contribution in [2.75, 3.05) is 58.9 Å². The molecule has 2 aromatic rings. The molecule has 0 unspecified atom stereocenters. The van der Waals surface area contributed by atoms with Gasteiger partial charge in [0.2, 0.25) is 0 Å². The van der Waals surface area contributed by atoms with Crippen molar-refractivity contribution in [2.24, 2.45) is 4.99 Å². The van der Waals surface area contributed by atoms with E-state index in [0.717, 1.165) is 54.9 Å². The first-order valence-electron chi connectivity index (χ1n) is 11.4. The molecule has 31 heavy (non-hydrogen) atoms. The molecule has 3 rings (SSSR count). The molecule has 0 bridgehead atoms. The Morgan fingerprint density at radius 1 is 1.10 bits per heavy atom. The number of benzene rings is 1. The maximum Gasteiger partial charge on any atom is 0.191 e. The van der Waals surface area contributed by atoms with Crippen molar-refractivity contribution >= 4 is 40.8 Å². The molecule has 1 aromatic carbocycles. The fourth-order valence-corrected chi connectivity index (χ4v) is 3.98. The molecule has 6 nitrogen and oxygen atoms in total. The zero-order valence-corrected chi connectivity index (χ0v) is 21.3. The number of unbranched alkanes of at least 4 members (excludes halogenated alkanes) is 1. The Bertz CT molecular complexity index is 800. The highest BCUT2D eigenvalue weighted by molar-refractivity contribution is 14.0. The first-order valence-corrected chi connectivity index (χ1v) is 11.4. The molecule has 8 heteroatoms. The van der Waals surface area contributed by atoms with Crippen LogP contribution in [0, 0.1) is 5.82 Å². The fraction of sp³-hybridized carbons (Fsp3) is 0.609. The van der Waals surface area contributed by atoms with E-state index in [4.69, 9.17) is 4.99 Å². The number of piperazine rings is 1. The van der Waals surface area contributed by atoms with Crippen molar-refractivity contribution in [1.29, 1.82) is 0 Å². The van der Waals surface area contributed by atoms with Gasteiger partial charge in [0.1, 0.15) is 5.82 Å². The van der Waals surface area contributed by atoms with Crippen LogP contribution in [0.5, 0.6) is 0 Å². The summed E-state index contributed by atoms with van der Waals surface area (Å²) in [7, 11) is 0. The Morgan fingerprint density at radius 2 is 1.87 bits per heavy atom. The predicted molar refractivity (Wildman–Crippen MR) is 139 cm³/mol. The van der Waals surface area contributed by atoms with Crippen molar-refractivity contribution in [2.45, 2.75) is 33.1 Å². The monoisotopic (exact) mass is 544 g/mol. The molecule has 0 aliphatic carbocycles. The minimum Gasteiger partial charge on any atom is -0.361 e. The number of aromatic amines is 1. The van der Waals surface area contributed by atoms with Crippen LogP contribution < -0.4 is 10.6 Å². The smallest absolute Gasteiger partial charge is 0.191 e. The summed E-state index contributed by atoms with van der Waals surface area (Å²) in [6.07, 6.45) is 5.08. The van der Waals surface area contributed by atoms with Gasteiger partial charge in [0.25, 0.3) is 0 Å². The van der Waals surface area contributed by atoms with E-state index >= 15 is 0 Å². The van der Waals surface area contributed by atoms with E-state index in [9.17, 15) is 4.39 Å². The van der Waals surface area contributed by atoms with Gasteiger partial charge in [0, 0.05) is 62.9 Å². The third kappa shape index (κ3) is 8.23. The lowest BCUT2D eigenvalue weighted by atomic mass is 10.1. The maximum absolute atomic E-state index is 13.5. The average molecular weight is 545 g/mol. The number of H-pyrrole nitrogens is 1. The molecule has 2 heterocycles. The molecule has 3 N–H and O–H groups in total. The zero-order valence-electron chi connectivity index (χ0n) is 18.9. The number of hydrogen-bond donors (Lipinski definition) is 3. The Morgan fingerprint density at radius 3 is 2.61 bits per heavy atom. The van der Waals surface area contributed by atoms with Crippen molar-refractivity contribution in [3.8, 4) is 0 Å². The number of halogens is 2. The number of aliphatic imine (C=N–C) groups is 1. The zero-order chi connectivity index (χ0) is 21.2. The number of rotatable bonds is 10. The minimum atomic E-state index is -0.196. The van der Waals surface area contributed by atoms with E-state index < -0.39 is 0 Å². The molecular formula is C23H38FIN6. The Labute approximate surface area is 203 Å². The predicted octanol–water partition coefficient (Wildman–Crippen LogP) is 3.44. The SMILES string of the molecule is CCNC(=NCCCCN1CCN(CC)CC1)NCCc1c[nH]c2ccc(F)cc12.I. The Hall–Kier alpha value is -1.39. The van der Waals surface area contributed by atoms with E-state index in [2.05, 4.69) is 39.3 Å². The van der Waals surface area contributed by atoms with Crippen LogP contribution in [0.4, 0.5) is 4.39 Å². The standard InChI is InChI=1S/C23H37FN6.HI/c1-3-25-23(26-10-5-6-12-30-15-13-29(4-2)14-16-30)27-11-9-19-18-28-22-8-7-20(24)17-21(19)22;/h7-8,17-18,28H,3-6,9-16H2,1-2H3,(H2,25,26,27);1H. The summed E-state index contributed by atoms with van der Waals surface area (Å²) >= 11 is 0. The lowest BCUT2D eigenvalue weighted by Crippen LogP contribution is -2.46. The second-order valence-corrected chi connectivity index (χ2v) is 7.92. The van der Waals surface area contributed by atoms with E-state index in [-0.39, 0.29) is 29.8 Å². The van der Waals surface area contributed by atoms with Gasteiger partial charge in [-0.3, -0.25) is 4.99 Å². The van der Waals surface area contributed by atoms with Crippen molar-refractivity contribution in [1.82, 2.24) is 25.4 Å². The van der Waals surface area contributed by atoms with E-state index in [0.29, 0.717) is 0 Å². The van der Waals surface area contributed by atoms with Crippen LogP contribution in [-0.4, -0.2) is 79.6 Å². The molecule has 1 saturated heterocycles. The van der Waals surface area contributed by atoms with Crippen LogP contribution in [0.1, 0.15) is 32.3 Å². The minimum absolute atomic E-state index is 0. The second kappa shape index (κ2) is 13.9. The van der Waals surface area contributed by atoms with Gasteiger partial charge in [-0.1, -0.05) is 6.92 Å². The van der Waals surface area contributed by atoms with Crippen LogP contribution in [0.2, 0.25) is 0 Å². The van der Waals surface area contributed by atoms with Gasteiger partial charge >= 0.3 is 0 Å². The molecule has 0 spiro atoms. The number of guanidine groups is 1. The number of aromatic nitrogens is 1. The summed E-state index contributed by atoms with van der Waals surface area (Å²) in [4.78, 5) is 13.0. The van der Waals surface area contributed by atoms with Gasteiger partial charge in [-0.05, 0) is 63.0 Å². The fourth-order valence-electron chi connectivity index (χ4n) is 3.98. The van der Waals surface area contributed by atoms with Crippen LogP contribution in [-0.2, 0) is 6.42 Å². The molecule has 174 valence electrons. The maximum atomic E-state index is 13.5. The highest BCUT2D eigenvalue weighted by Crippen LogP contribution is 2.19. The highest BCUT2D eigenvalue weighted by atomic mass is 127. The summed E-state index contributed by atoms with van der Waals surface area (Å²) in [5, 5.41) is 7.68. The van der Waals surface area contributed by atoms with Gasteiger partial charge < -0.3 is 25.4 Å². The number of fused-ring (bicyclic) bond motifs is 1. The van der Waals surface area contributed by atoms with Crippen LogP contribution in [0.25, 0.3) is 10.9 Å². The first-order chi connectivity index (χ1) is 14.7. The molecule has 1 aliphatic heterocycles. The molecular weight excluding hydrogens is 506 g/mol. The summed E-state index contributed by atoms with van der Waals surface area (Å²) in [6, 6.07) is 4.88. The highest BCUT2D eigenvalue weighted by Gasteiger charge is 2.14. The molecule has 0 amide bonds. The Kier molecular flexibility index (Phi) is 11.6. The summed E-state index contributed by atoms with van der Waals surface area (Å²) in [5.74, 6) is 0.665. The number of nitrogens with zero attached hydrogens (tertiary/aromatic N) is 3. The van der Waals surface area contributed by atoms with Crippen LogP contribution >= 0.6 is 24.0 Å². The normalized spacial score (nSPS) is 15.8. The van der Waals surface area contributed by atoms with Gasteiger partial charge in [-0.2, -0.15) is 0 Å². The van der Waals surface area contributed by atoms with Gasteiger partial charge in [0.05, 0.1) is 0 Å². The third-order valence-corrected chi connectivity index (χ3v) is 5.82. The lowest BCUT2D eigenvalue weighted by molar-refractivity contribution is 0.136. The van der Waals surface area contributed by atoms with Gasteiger partial charge in [0.15, 0.2) is 5.96 Å². The van der Waals surface area contributed by atoms with E-state index in [1.807, 2.05) is 6.20 Å². The van der Waals surface area contributed by atoms with E-state index in [1.165, 1.54) is 51.8 Å². The third-order valence-electron chi connectivity index (χ3n) is 5.82. The molecule has 1 aromatic heterocycles. The van der Waals surface area contributed by atoms with Gasteiger partial charge in [-0.15, -0.1) is 24.0 Å². The van der Waals surface area contributed by atoms with Crippen LogP contribution in [0.3, 0.4) is 0 Å². The topological polar surface area (TPSA) is 58.7 Å². The second-order valence-electron chi connectivity index (χ2n) is 7.92. The molecule has 0 saturated carbocycles. The number of nitrogens with one attached hydrogen (secondary N) is 3. The molecule has 0 radical (unpaired) electrons. The van der Waals surface area contributed by atoms with Crippen molar-refractivity contribution < 1.29 is 4.39 Å². The summed E-state index contributed by atoms with van der Waals surface area (Å²) in [6.45, 7) is 13.9. The lowest BCUT2D eigenvalue weighted by Gasteiger charge is -2.33. The molecule has 1 aliphatic rings. The van der Waals surface area contributed by atoms with Crippen molar-refractivity contribution in [3.63, 3.8) is 0 Å². The van der Waals surface area contributed by atoms with Gasteiger partial charge in [-0.25, -0.2) is 4.39 Å². The van der Waals surface area contributed by atoms with Crippen LogP contribution in [0.15, 0.2) is 29.4 Å². The van der Waals surface area contributed by atoms with E-state index in [1.54, 1.807) is 12.1 Å². The molecule has 0 atom stereocenters. The largest absolute Gasteiger partial charge is 0.361 e. The number of likely N-dealkylation sites (N-methyl/N-ethyl adjacent to an activating group) is 1. The molecule has 1 fully saturated rings. The quantitative estimate of drug-likeness (QED) is 0.186. The summed E-state index contributed by atoms with van der Waals surface area (Å²) < 4.78 is 13.5. The number of hydrogen-bond acceptors (Lipinski definition) is 3. The van der Waals surface area contributed by atoms with Crippen molar-refractivity contribution in [3.05, 3.63) is 35.8 Å². The summed E-state index contributed by atoms with van der Waals surface area (Å²) in [5.41, 5.74) is 2.10.